The second-order valence-corrected chi connectivity index (χ2v) is 7.42. The highest BCUT2D eigenvalue weighted by atomic mass is 32.2. The molecule has 0 radical (unpaired) electrons. The highest BCUT2D eigenvalue weighted by Gasteiger charge is 2.31. The number of benzene rings is 1. The van der Waals surface area contributed by atoms with Gasteiger partial charge in [-0.1, -0.05) is 0 Å². The molecule has 8 heteroatoms. The maximum absolute atomic E-state index is 12.1. The summed E-state index contributed by atoms with van der Waals surface area (Å²) in [7, 11) is 1.57. The Hall–Kier alpha value is -2.19. The van der Waals surface area contributed by atoms with Gasteiger partial charge in [-0.2, -0.15) is 11.8 Å². The predicted molar refractivity (Wildman–Crippen MR) is 100 cm³/mol. The van der Waals surface area contributed by atoms with Crippen molar-refractivity contribution in [3.8, 4) is 5.75 Å². The van der Waals surface area contributed by atoms with E-state index in [9.17, 15) is 14.7 Å². The summed E-state index contributed by atoms with van der Waals surface area (Å²) in [5, 5.41) is 19.7. The van der Waals surface area contributed by atoms with E-state index in [1.807, 2.05) is 33.4 Å². The van der Waals surface area contributed by atoms with Crippen molar-refractivity contribution in [2.24, 2.45) is 0 Å². The van der Waals surface area contributed by atoms with E-state index >= 15 is 0 Å². The number of carboxylic acids is 2. The van der Waals surface area contributed by atoms with Gasteiger partial charge < -0.3 is 19.5 Å². The van der Waals surface area contributed by atoms with Crippen molar-refractivity contribution in [2.45, 2.75) is 19.0 Å². The molecule has 1 aromatic carbocycles. The van der Waals surface area contributed by atoms with Gasteiger partial charge in [0.15, 0.2) is 0 Å². The summed E-state index contributed by atoms with van der Waals surface area (Å²) in [5.41, 5.74) is 1.50. The second-order valence-electron chi connectivity index (χ2n) is 6.19. The van der Waals surface area contributed by atoms with Crippen LogP contribution < -0.4 is 4.74 Å². The van der Waals surface area contributed by atoms with Crippen molar-refractivity contribution in [2.75, 3.05) is 31.7 Å². The Morgan fingerprint density at radius 2 is 2.00 bits per heavy atom. The molecule has 7 nitrogen and oxygen atoms in total. The minimum atomic E-state index is -0.892. The summed E-state index contributed by atoms with van der Waals surface area (Å²) in [6.07, 6.45) is 1.76. The van der Waals surface area contributed by atoms with Gasteiger partial charge in [0.1, 0.15) is 11.8 Å². The van der Waals surface area contributed by atoms with Crippen molar-refractivity contribution < 1.29 is 24.5 Å². The Labute approximate surface area is 155 Å². The first-order valence-electron chi connectivity index (χ1n) is 8.44. The predicted octanol–water partition coefficient (Wildman–Crippen LogP) is 2.30. The molecule has 1 saturated heterocycles. The Kier molecular flexibility index (Phi) is 5.73. The highest BCUT2D eigenvalue weighted by Crippen LogP contribution is 2.34. The molecule has 0 unspecified atom stereocenters. The molecular formula is C18H22N2O5S. The van der Waals surface area contributed by atoms with Crippen molar-refractivity contribution in [3.05, 3.63) is 30.0 Å². The molecule has 0 spiro atoms. The van der Waals surface area contributed by atoms with Gasteiger partial charge in [-0.25, -0.2) is 0 Å². The van der Waals surface area contributed by atoms with Gasteiger partial charge in [-0.15, -0.1) is 0 Å². The Morgan fingerprint density at radius 3 is 2.62 bits per heavy atom. The van der Waals surface area contributed by atoms with E-state index in [1.165, 1.54) is 0 Å². The fraction of sp³-hybridized carbons (Fsp3) is 0.444. The van der Waals surface area contributed by atoms with Gasteiger partial charge >= 0.3 is 11.9 Å². The number of hydrogen-bond donors (Lipinski definition) is 2. The number of carboxylic acid groups (broad SMARTS) is 2. The van der Waals surface area contributed by atoms with Crippen molar-refractivity contribution >= 4 is 34.6 Å². The van der Waals surface area contributed by atoms with Gasteiger partial charge in [-0.05, 0) is 18.2 Å². The van der Waals surface area contributed by atoms with Gasteiger partial charge in [-0.3, -0.25) is 14.5 Å². The third-order valence-corrected chi connectivity index (χ3v) is 5.57. The third-order valence-electron chi connectivity index (χ3n) is 4.62. The fourth-order valence-corrected chi connectivity index (χ4v) is 4.30. The lowest BCUT2D eigenvalue weighted by molar-refractivity contribution is -0.143. The summed E-state index contributed by atoms with van der Waals surface area (Å²) in [6.45, 7) is 1.72. The number of methoxy groups -OCH3 is 1. The van der Waals surface area contributed by atoms with Crippen LogP contribution in [-0.2, 0) is 16.1 Å². The van der Waals surface area contributed by atoms with E-state index in [2.05, 4.69) is 0 Å². The lowest BCUT2D eigenvalue weighted by Crippen LogP contribution is -2.39. The molecule has 2 N–H and O–H groups in total. The van der Waals surface area contributed by atoms with E-state index in [4.69, 9.17) is 9.84 Å². The molecule has 1 aromatic heterocycles. The zero-order chi connectivity index (χ0) is 18.7. The molecule has 0 bridgehead atoms. The van der Waals surface area contributed by atoms with Gasteiger partial charge in [0, 0.05) is 53.8 Å². The number of thioether (sulfide) groups is 1. The Morgan fingerprint density at radius 1 is 1.27 bits per heavy atom. The fourth-order valence-electron chi connectivity index (χ4n) is 3.37. The normalized spacial score (nSPS) is 16.5. The number of aromatic nitrogens is 1. The zero-order valence-corrected chi connectivity index (χ0v) is 15.4. The second kappa shape index (κ2) is 8.01. The molecule has 0 saturated carbocycles. The smallest absolute Gasteiger partial charge is 0.325 e. The Balaban J connectivity index is 2.08. The molecule has 2 heterocycles. The summed E-state index contributed by atoms with van der Waals surface area (Å²) in [5.74, 6) is 0.685. The van der Waals surface area contributed by atoms with Crippen LogP contribution in [-0.4, -0.2) is 63.3 Å². The van der Waals surface area contributed by atoms with Crippen LogP contribution in [0.1, 0.15) is 18.0 Å². The van der Waals surface area contributed by atoms with Gasteiger partial charge in [0.05, 0.1) is 13.5 Å². The minimum Gasteiger partial charge on any atom is -0.497 e. The topological polar surface area (TPSA) is 92.0 Å². The Bertz CT molecular complexity index is 813. The molecule has 2 aromatic rings. The van der Waals surface area contributed by atoms with Crippen LogP contribution >= 0.6 is 11.8 Å². The minimum absolute atomic E-state index is 0.0205. The monoisotopic (exact) mass is 378 g/mol. The van der Waals surface area contributed by atoms with Crippen LogP contribution in [0.4, 0.5) is 0 Å². The van der Waals surface area contributed by atoms with Crippen LogP contribution in [0.5, 0.6) is 5.75 Å². The first-order chi connectivity index (χ1) is 12.5. The molecular weight excluding hydrogens is 356 g/mol. The largest absolute Gasteiger partial charge is 0.497 e. The van der Waals surface area contributed by atoms with E-state index < -0.39 is 18.0 Å². The van der Waals surface area contributed by atoms with Crippen molar-refractivity contribution in [1.29, 1.82) is 0 Å². The zero-order valence-electron chi connectivity index (χ0n) is 14.6. The number of hydrogen-bond acceptors (Lipinski definition) is 5. The maximum Gasteiger partial charge on any atom is 0.325 e. The molecule has 140 valence electrons. The number of aryl methyl sites for hydroxylation is 1. The van der Waals surface area contributed by atoms with Crippen molar-refractivity contribution in [1.82, 2.24) is 9.47 Å². The van der Waals surface area contributed by atoms with Crippen LogP contribution in [0.3, 0.4) is 0 Å². The van der Waals surface area contributed by atoms with E-state index in [0.717, 1.165) is 22.4 Å². The van der Waals surface area contributed by atoms with Crippen LogP contribution in [0.2, 0.25) is 0 Å². The molecule has 1 atom stereocenters. The summed E-state index contributed by atoms with van der Waals surface area (Å²) in [4.78, 5) is 25.0. The van der Waals surface area contributed by atoms with Crippen LogP contribution in [0.25, 0.3) is 10.9 Å². The van der Waals surface area contributed by atoms with Crippen LogP contribution in [0.15, 0.2) is 24.4 Å². The molecule has 3 rings (SSSR count). The number of rotatable bonds is 7. The molecule has 1 fully saturated rings. The molecule has 0 aliphatic carbocycles. The lowest BCUT2D eigenvalue weighted by atomic mass is 10.0. The first-order valence-corrected chi connectivity index (χ1v) is 9.60. The molecule has 1 aliphatic heterocycles. The number of nitrogens with zero attached hydrogens (tertiary/aromatic N) is 2. The van der Waals surface area contributed by atoms with Crippen molar-refractivity contribution in [3.63, 3.8) is 0 Å². The van der Waals surface area contributed by atoms with Crippen LogP contribution in [0, 0.1) is 0 Å². The number of carbonyl (C=O) groups is 2. The highest BCUT2D eigenvalue weighted by molar-refractivity contribution is 7.99. The quantitative estimate of drug-likeness (QED) is 0.764. The van der Waals surface area contributed by atoms with E-state index in [0.29, 0.717) is 30.9 Å². The average Bonchev–Trinajstić information content (AvgIpc) is 2.98. The summed E-state index contributed by atoms with van der Waals surface area (Å²) < 4.78 is 7.13. The maximum atomic E-state index is 12.1. The SMILES string of the molecule is COc1ccc2c(c1)c([C@H](C(=O)O)N1CCSCC1)cn2CCC(=O)O. The lowest BCUT2D eigenvalue weighted by Gasteiger charge is -2.31. The number of fused-ring (bicyclic) bond motifs is 1. The molecule has 0 amide bonds. The first kappa shape index (κ1) is 18.6. The summed E-state index contributed by atoms with van der Waals surface area (Å²) in [6, 6.07) is 4.73. The number of ether oxygens (including phenoxy) is 1. The average molecular weight is 378 g/mol. The van der Waals surface area contributed by atoms with E-state index in [-0.39, 0.29) is 6.42 Å². The third kappa shape index (κ3) is 3.81. The molecule has 1 aliphatic rings. The van der Waals surface area contributed by atoms with Gasteiger partial charge in [0.2, 0.25) is 0 Å². The number of aliphatic carboxylic acids is 2. The van der Waals surface area contributed by atoms with E-state index in [1.54, 1.807) is 19.4 Å². The standard InChI is InChI=1S/C18H22N2O5S/c1-25-12-2-3-15-13(10-12)14(11-20(15)5-4-16(21)22)17(18(23)24)19-6-8-26-9-7-19/h2-3,10-11,17H,4-9H2,1H3,(H,21,22)(H,23,24)/t17-/m1/s1. The molecule has 26 heavy (non-hydrogen) atoms. The van der Waals surface area contributed by atoms with Gasteiger partial charge in [0.25, 0.3) is 0 Å². The summed E-state index contributed by atoms with van der Waals surface area (Å²) >= 11 is 1.82.